The summed E-state index contributed by atoms with van der Waals surface area (Å²) in [5.41, 5.74) is 0.0771. The Kier molecular flexibility index (Phi) is 5.84. The Morgan fingerprint density at radius 2 is 1.68 bits per heavy atom. The molecule has 8 heteroatoms. The van der Waals surface area contributed by atoms with Crippen molar-refractivity contribution in [3.8, 4) is 0 Å². The van der Waals surface area contributed by atoms with Crippen molar-refractivity contribution in [1.29, 1.82) is 0 Å². The topological polar surface area (TPSA) is 86.8 Å². The molecule has 1 heterocycles. The second-order valence-corrected chi connectivity index (χ2v) is 8.70. The minimum Gasteiger partial charge on any atom is -0.341 e. The fraction of sp³-hybridized carbons (Fsp3) is 0.529. The summed E-state index contributed by atoms with van der Waals surface area (Å²) < 4.78 is 24.6. The first-order chi connectivity index (χ1) is 11.6. The van der Waals surface area contributed by atoms with Crippen LogP contribution in [0.3, 0.4) is 0 Å². The van der Waals surface area contributed by atoms with Crippen molar-refractivity contribution < 1.29 is 18.0 Å². The van der Waals surface area contributed by atoms with E-state index in [-0.39, 0.29) is 34.7 Å². The first-order valence-corrected chi connectivity index (χ1v) is 9.81. The summed E-state index contributed by atoms with van der Waals surface area (Å²) in [6.07, 6.45) is 0. The lowest BCUT2D eigenvalue weighted by molar-refractivity contribution is -0.133. The largest absolute Gasteiger partial charge is 0.341 e. The van der Waals surface area contributed by atoms with E-state index in [1.54, 1.807) is 17.0 Å². The normalized spacial score (nSPS) is 16.2. The Hall–Kier alpha value is -1.93. The molecule has 0 unspecified atom stereocenters. The Bertz CT molecular complexity index is 749. The molecule has 25 heavy (non-hydrogen) atoms. The van der Waals surface area contributed by atoms with E-state index in [0.717, 1.165) is 5.01 Å². The van der Waals surface area contributed by atoms with E-state index in [4.69, 9.17) is 0 Å². The molecule has 0 saturated heterocycles. The summed E-state index contributed by atoms with van der Waals surface area (Å²) in [4.78, 5) is 29.0. The summed E-state index contributed by atoms with van der Waals surface area (Å²) in [5.74, 6) is -0.250. The molecule has 2 amide bonds. The van der Waals surface area contributed by atoms with Crippen molar-refractivity contribution in [2.45, 2.75) is 32.6 Å². The molecule has 0 bridgehead atoms. The molecule has 1 aromatic rings. The van der Waals surface area contributed by atoms with Gasteiger partial charge in [0.05, 0.1) is 10.5 Å². The maximum atomic E-state index is 12.6. The van der Waals surface area contributed by atoms with Gasteiger partial charge in [-0.1, -0.05) is 39.8 Å². The zero-order valence-corrected chi connectivity index (χ0v) is 15.8. The van der Waals surface area contributed by atoms with Crippen LogP contribution in [0, 0.1) is 11.8 Å². The van der Waals surface area contributed by atoms with E-state index in [1.807, 2.05) is 27.7 Å². The van der Waals surface area contributed by atoms with Crippen molar-refractivity contribution >= 4 is 21.8 Å². The molecule has 0 aliphatic carbocycles. The molecule has 0 aromatic heterocycles. The highest BCUT2D eigenvalue weighted by Gasteiger charge is 2.35. The first kappa shape index (κ1) is 19.4. The van der Waals surface area contributed by atoms with Crippen LogP contribution in [0.1, 0.15) is 38.1 Å². The summed E-state index contributed by atoms with van der Waals surface area (Å²) in [6.45, 7) is 8.81. The number of nitrogens with zero attached hydrogens (tertiary/aromatic N) is 2. The summed E-state index contributed by atoms with van der Waals surface area (Å²) in [5, 5.41) is 0.883. The molecule has 1 aromatic carbocycles. The van der Waals surface area contributed by atoms with Gasteiger partial charge in [-0.3, -0.25) is 14.6 Å². The van der Waals surface area contributed by atoms with Crippen molar-refractivity contribution in [3.05, 3.63) is 29.8 Å². The highest BCUT2D eigenvalue weighted by Crippen LogP contribution is 2.22. The van der Waals surface area contributed by atoms with Gasteiger partial charge in [-0.15, -0.1) is 4.83 Å². The third-order valence-electron chi connectivity index (χ3n) is 3.70. The van der Waals surface area contributed by atoms with Gasteiger partial charge in [-0.25, -0.2) is 8.42 Å². The Morgan fingerprint density at radius 1 is 1.12 bits per heavy atom. The lowest BCUT2D eigenvalue weighted by Crippen LogP contribution is -2.54. The molecule has 1 aliphatic rings. The zero-order chi connectivity index (χ0) is 18.8. The van der Waals surface area contributed by atoms with Gasteiger partial charge >= 0.3 is 0 Å². The van der Waals surface area contributed by atoms with Crippen molar-refractivity contribution in [1.82, 2.24) is 14.7 Å². The minimum atomic E-state index is -3.86. The standard InChI is InChI=1S/C17H25N3O4S/c1-12(2)9-19(10-13(3)4)16(21)11-20-17(22)14-7-5-6-8-15(14)25(23,24)18-20/h5-8,12-13,18H,9-11H2,1-4H3. The fourth-order valence-corrected chi connectivity index (χ4v) is 4.00. The average Bonchev–Trinajstić information content (AvgIpc) is 2.50. The maximum absolute atomic E-state index is 12.6. The zero-order valence-electron chi connectivity index (χ0n) is 15.0. The van der Waals surface area contributed by atoms with Crippen molar-refractivity contribution in [2.24, 2.45) is 11.8 Å². The number of carbonyl (C=O) groups is 2. The number of benzene rings is 1. The second kappa shape index (κ2) is 7.53. The number of sulfonamides is 1. The number of nitrogens with one attached hydrogen (secondary N) is 1. The molecule has 0 radical (unpaired) electrons. The highest BCUT2D eigenvalue weighted by atomic mass is 32.2. The molecule has 7 nitrogen and oxygen atoms in total. The fourth-order valence-electron chi connectivity index (χ4n) is 2.76. The van der Waals surface area contributed by atoms with Gasteiger partial charge in [-0.05, 0) is 24.0 Å². The van der Waals surface area contributed by atoms with Crippen LogP contribution in [0.4, 0.5) is 0 Å². The van der Waals surface area contributed by atoms with Gasteiger partial charge < -0.3 is 4.90 Å². The van der Waals surface area contributed by atoms with Gasteiger partial charge in [-0.2, -0.15) is 0 Å². The number of amides is 2. The Labute approximate surface area is 149 Å². The number of hydrogen-bond acceptors (Lipinski definition) is 4. The molecule has 0 saturated carbocycles. The van der Waals surface area contributed by atoms with Crippen LogP contribution in [-0.4, -0.2) is 49.8 Å². The summed E-state index contributed by atoms with van der Waals surface area (Å²) in [7, 11) is -3.86. The SMILES string of the molecule is CC(C)CN(CC(C)C)C(=O)CN1NS(=O)(=O)c2ccccc2C1=O. The molecule has 1 N–H and O–H groups in total. The molecule has 0 spiro atoms. The third kappa shape index (κ3) is 4.58. The van der Waals surface area contributed by atoms with Crippen LogP contribution in [-0.2, 0) is 14.8 Å². The van der Waals surface area contributed by atoms with Gasteiger partial charge in [0.15, 0.2) is 0 Å². The summed E-state index contributed by atoms with van der Waals surface area (Å²) >= 11 is 0. The van der Waals surface area contributed by atoms with E-state index < -0.39 is 15.9 Å². The molecule has 0 fully saturated rings. The minimum absolute atomic E-state index is 0.0649. The van der Waals surface area contributed by atoms with E-state index in [0.29, 0.717) is 13.1 Å². The lowest BCUT2D eigenvalue weighted by atomic mass is 10.1. The van der Waals surface area contributed by atoms with Crippen LogP contribution in [0.5, 0.6) is 0 Å². The average molecular weight is 367 g/mol. The van der Waals surface area contributed by atoms with E-state index in [9.17, 15) is 18.0 Å². The molecule has 0 atom stereocenters. The molecule has 1 aliphatic heterocycles. The monoisotopic (exact) mass is 367 g/mol. The van der Waals surface area contributed by atoms with Crippen molar-refractivity contribution in [2.75, 3.05) is 19.6 Å². The Morgan fingerprint density at radius 3 is 2.24 bits per heavy atom. The van der Waals surface area contributed by atoms with Crippen LogP contribution in [0.2, 0.25) is 0 Å². The first-order valence-electron chi connectivity index (χ1n) is 8.33. The summed E-state index contributed by atoms with van der Waals surface area (Å²) in [6, 6.07) is 5.98. The van der Waals surface area contributed by atoms with Crippen LogP contribution in [0.25, 0.3) is 0 Å². The number of fused-ring (bicyclic) bond motifs is 1. The molecule has 2 rings (SSSR count). The lowest BCUT2D eigenvalue weighted by Gasteiger charge is -2.32. The van der Waals surface area contributed by atoms with Gasteiger partial charge in [0.2, 0.25) is 5.91 Å². The van der Waals surface area contributed by atoms with Crippen LogP contribution >= 0.6 is 0 Å². The Balaban J connectivity index is 2.22. The van der Waals surface area contributed by atoms with Gasteiger partial charge in [0, 0.05) is 13.1 Å². The van der Waals surface area contributed by atoms with E-state index in [1.165, 1.54) is 12.1 Å². The predicted molar refractivity (Wildman–Crippen MR) is 94.1 cm³/mol. The number of hydrazine groups is 1. The second-order valence-electron chi connectivity index (χ2n) is 7.07. The van der Waals surface area contributed by atoms with Crippen molar-refractivity contribution in [3.63, 3.8) is 0 Å². The van der Waals surface area contributed by atoms with E-state index >= 15 is 0 Å². The van der Waals surface area contributed by atoms with Crippen LogP contribution in [0.15, 0.2) is 29.2 Å². The highest BCUT2D eigenvalue weighted by molar-refractivity contribution is 7.89. The van der Waals surface area contributed by atoms with Gasteiger partial charge in [0.25, 0.3) is 15.9 Å². The van der Waals surface area contributed by atoms with Crippen LogP contribution < -0.4 is 4.83 Å². The number of rotatable bonds is 6. The molecule has 138 valence electrons. The predicted octanol–water partition coefficient (Wildman–Crippen LogP) is 1.48. The van der Waals surface area contributed by atoms with Gasteiger partial charge in [0.1, 0.15) is 6.54 Å². The number of carbonyl (C=O) groups excluding carboxylic acids is 2. The number of hydrogen-bond donors (Lipinski definition) is 1. The maximum Gasteiger partial charge on any atom is 0.270 e. The smallest absolute Gasteiger partial charge is 0.270 e. The third-order valence-corrected chi connectivity index (χ3v) is 5.10. The quantitative estimate of drug-likeness (QED) is 0.825. The molecular formula is C17H25N3O4S. The molecular weight excluding hydrogens is 342 g/mol. The van der Waals surface area contributed by atoms with E-state index in [2.05, 4.69) is 4.83 Å².